The van der Waals surface area contributed by atoms with Crippen molar-refractivity contribution < 1.29 is 9.18 Å². The van der Waals surface area contributed by atoms with E-state index in [0.717, 1.165) is 17.7 Å². The highest BCUT2D eigenvalue weighted by molar-refractivity contribution is 6.33. The largest absolute Gasteiger partial charge is 0.343 e. The van der Waals surface area contributed by atoms with Crippen LogP contribution in [0.5, 0.6) is 0 Å². The number of hydrogen-bond donors (Lipinski definition) is 0. The van der Waals surface area contributed by atoms with E-state index in [-0.39, 0.29) is 5.82 Å². The maximum absolute atomic E-state index is 12.8. The highest BCUT2D eigenvalue weighted by Gasteiger charge is 2.08. The Morgan fingerprint density at radius 2 is 1.83 bits per heavy atom. The first-order valence-electron chi connectivity index (χ1n) is 5.36. The highest BCUT2D eigenvalue weighted by Crippen LogP contribution is 2.31. The van der Waals surface area contributed by atoms with E-state index < -0.39 is 0 Å². The van der Waals surface area contributed by atoms with E-state index in [1.807, 2.05) is 11.9 Å². The monoisotopic (exact) mass is 263 g/mol. The van der Waals surface area contributed by atoms with Gasteiger partial charge in [-0.05, 0) is 42.5 Å². The zero-order valence-corrected chi connectivity index (χ0v) is 10.5. The Balaban J connectivity index is 2.36. The van der Waals surface area contributed by atoms with Crippen LogP contribution in [0.25, 0.3) is 0 Å². The minimum Gasteiger partial charge on any atom is -0.343 e. The van der Waals surface area contributed by atoms with Crippen LogP contribution in [0.3, 0.4) is 0 Å². The SMILES string of the molecule is CN(c1ccc(F)cc1)c1ccc(C=O)cc1Cl. The maximum Gasteiger partial charge on any atom is 0.150 e. The topological polar surface area (TPSA) is 20.3 Å². The molecule has 0 radical (unpaired) electrons. The highest BCUT2D eigenvalue weighted by atomic mass is 35.5. The minimum absolute atomic E-state index is 0.283. The van der Waals surface area contributed by atoms with Gasteiger partial charge in [0.25, 0.3) is 0 Å². The molecule has 0 aliphatic rings. The second-order valence-corrected chi connectivity index (χ2v) is 4.27. The van der Waals surface area contributed by atoms with E-state index in [0.29, 0.717) is 10.6 Å². The van der Waals surface area contributed by atoms with Crippen molar-refractivity contribution in [2.24, 2.45) is 0 Å². The molecule has 2 nitrogen and oxygen atoms in total. The summed E-state index contributed by atoms with van der Waals surface area (Å²) in [6, 6.07) is 11.2. The Labute approximate surface area is 110 Å². The Bertz CT molecular complexity index is 569. The summed E-state index contributed by atoms with van der Waals surface area (Å²) in [5.74, 6) is -0.283. The molecular formula is C14H11ClFNO. The molecular weight excluding hydrogens is 253 g/mol. The van der Waals surface area contributed by atoms with Gasteiger partial charge in [-0.1, -0.05) is 11.6 Å². The fourth-order valence-electron chi connectivity index (χ4n) is 1.67. The van der Waals surface area contributed by atoms with Gasteiger partial charge in [0, 0.05) is 18.3 Å². The summed E-state index contributed by atoms with van der Waals surface area (Å²) in [6.45, 7) is 0. The molecule has 2 rings (SSSR count). The maximum atomic E-state index is 12.8. The third-order valence-corrected chi connectivity index (χ3v) is 2.99. The molecule has 0 aromatic heterocycles. The van der Waals surface area contributed by atoms with Gasteiger partial charge >= 0.3 is 0 Å². The van der Waals surface area contributed by atoms with Crippen LogP contribution in [-0.4, -0.2) is 13.3 Å². The number of rotatable bonds is 3. The Kier molecular flexibility index (Phi) is 3.63. The Hall–Kier alpha value is -1.87. The first-order valence-corrected chi connectivity index (χ1v) is 5.73. The lowest BCUT2D eigenvalue weighted by Gasteiger charge is -2.20. The molecule has 4 heteroatoms. The summed E-state index contributed by atoms with van der Waals surface area (Å²) < 4.78 is 12.8. The molecule has 92 valence electrons. The summed E-state index contributed by atoms with van der Waals surface area (Å²) in [4.78, 5) is 12.5. The number of benzene rings is 2. The van der Waals surface area contributed by atoms with E-state index in [1.54, 1.807) is 30.3 Å². The van der Waals surface area contributed by atoms with Crippen LogP contribution in [-0.2, 0) is 0 Å². The molecule has 0 aliphatic heterocycles. The van der Waals surface area contributed by atoms with Gasteiger partial charge in [0.15, 0.2) is 0 Å². The van der Waals surface area contributed by atoms with Gasteiger partial charge in [0.1, 0.15) is 12.1 Å². The first-order chi connectivity index (χ1) is 8.61. The molecule has 2 aromatic rings. The van der Waals surface area contributed by atoms with Gasteiger partial charge in [-0.25, -0.2) is 4.39 Å². The number of halogens is 2. The molecule has 0 bridgehead atoms. The van der Waals surface area contributed by atoms with Crippen molar-refractivity contribution in [3.63, 3.8) is 0 Å². The number of carbonyl (C=O) groups excluding carboxylic acids is 1. The quantitative estimate of drug-likeness (QED) is 0.779. The average molecular weight is 264 g/mol. The van der Waals surface area contributed by atoms with Crippen LogP contribution >= 0.6 is 11.6 Å². The van der Waals surface area contributed by atoms with Crippen molar-refractivity contribution in [1.29, 1.82) is 0 Å². The van der Waals surface area contributed by atoms with Crippen LogP contribution in [0.15, 0.2) is 42.5 Å². The van der Waals surface area contributed by atoms with Crippen LogP contribution in [0.2, 0.25) is 5.02 Å². The zero-order chi connectivity index (χ0) is 13.1. The van der Waals surface area contributed by atoms with Crippen molar-refractivity contribution in [2.45, 2.75) is 0 Å². The van der Waals surface area contributed by atoms with Crippen LogP contribution in [0.4, 0.5) is 15.8 Å². The summed E-state index contributed by atoms with van der Waals surface area (Å²) in [5.41, 5.74) is 2.10. The van der Waals surface area contributed by atoms with E-state index in [1.165, 1.54) is 12.1 Å². The second kappa shape index (κ2) is 5.19. The lowest BCUT2D eigenvalue weighted by molar-refractivity contribution is 0.112. The number of anilines is 2. The molecule has 0 spiro atoms. The molecule has 18 heavy (non-hydrogen) atoms. The fraction of sp³-hybridized carbons (Fsp3) is 0.0714. The summed E-state index contributed by atoms with van der Waals surface area (Å²) in [7, 11) is 1.83. The Morgan fingerprint density at radius 3 is 2.39 bits per heavy atom. The molecule has 0 unspecified atom stereocenters. The van der Waals surface area contributed by atoms with Crippen LogP contribution in [0.1, 0.15) is 10.4 Å². The lowest BCUT2D eigenvalue weighted by Crippen LogP contribution is -2.10. The zero-order valence-electron chi connectivity index (χ0n) is 9.73. The predicted octanol–water partition coefficient (Wildman–Crippen LogP) is 4.06. The number of nitrogens with zero attached hydrogens (tertiary/aromatic N) is 1. The fourth-order valence-corrected chi connectivity index (χ4v) is 1.99. The van der Waals surface area contributed by atoms with Crippen molar-refractivity contribution in [2.75, 3.05) is 11.9 Å². The average Bonchev–Trinajstić information content (AvgIpc) is 2.38. The van der Waals surface area contributed by atoms with Gasteiger partial charge in [-0.2, -0.15) is 0 Å². The molecule has 2 aromatic carbocycles. The second-order valence-electron chi connectivity index (χ2n) is 3.86. The normalized spacial score (nSPS) is 10.2. The summed E-state index contributed by atoms with van der Waals surface area (Å²) in [6.07, 6.45) is 0.744. The summed E-state index contributed by atoms with van der Waals surface area (Å²) in [5, 5.41) is 0.478. The molecule has 0 saturated heterocycles. The molecule has 0 atom stereocenters. The molecule has 0 N–H and O–H groups in total. The van der Waals surface area contributed by atoms with E-state index in [9.17, 15) is 9.18 Å². The van der Waals surface area contributed by atoms with Crippen molar-refractivity contribution in [1.82, 2.24) is 0 Å². The van der Waals surface area contributed by atoms with E-state index in [4.69, 9.17) is 11.6 Å². The van der Waals surface area contributed by atoms with Gasteiger partial charge in [0.05, 0.1) is 10.7 Å². The smallest absolute Gasteiger partial charge is 0.150 e. The number of carbonyl (C=O) groups is 1. The molecule has 0 fully saturated rings. The lowest BCUT2D eigenvalue weighted by atomic mass is 10.2. The third-order valence-electron chi connectivity index (χ3n) is 2.68. The van der Waals surface area contributed by atoms with E-state index in [2.05, 4.69) is 0 Å². The van der Waals surface area contributed by atoms with Crippen molar-refractivity contribution >= 4 is 29.3 Å². The molecule has 0 heterocycles. The van der Waals surface area contributed by atoms with Gasteiger partial charge < -0.3 is 4.90 Å². The minimum atomic E-state index is -0.283. The first kappa shape index (κ1) is 12.6. The predicted molar refractivity (Wildman–Crippen MR) is 71.3 cm³/mol. The van der Waals surface area contributed by atoms with Gasteiger partial charge in [-0.3, -0.25) is 4.79 Å². The van der Waals surface area contributed by atoms with Crippen molar-refractivity contribution in [3.8, 4) is 0 Å². The number of hydrogen-bond acceptors (Lipinski definition) is 2. The Morgan fingerprint density at radius 1 is 1.17 bits per heavy atom. The molecule has 0 aliphatic carbocycles. The standard InChI is InChI=1S/C14H11ClFNO/c1-17(12-5-3-11(16)4-6-12)14-7-2-10(9-18)8-13(14)15/h2-9H,1H3. The van der Waals surface area contributed by atoms with Crippen LogP contribution in [0, 0.1) is 5.82 Å². The van der Waals surface area contributed by atoms with Crippen molar-refractivity contribution in [3.05, 3.63) is 58.9 Å². The third kappa shape index (κ3) is 2.51. The van der Waals surface area contributed by atoms with E-state index >= 15 is 0 Å². The molecule has 0 amide bonds. The molecule has 0 saturated carbocycles. The van der Waals surface area contributed by atoms with Gasteiger partial charge in [-0.15, -0.1) is 0 Å². The van der Waals surface area contributed by atoms with Gasteiger partial charge in [0.2, 0.25) is 0 Å². The number of aldehydes is 1. The summed E-state index contributed by atoms with van der Waals surface area (Å²) >= 11 is 6.11. The van der Waals surface area contributed by atoms with Crippen LogP contribution < -0.4 is 4.90 Å².